The quantitative estimate of drug-likeness (QED) is 0.585. The van der Waals surface area contributed by atoms with Crippen LogP contribution in [0.3, 0.4) is 0 Å². The van der Waals surface area contributed by atoms with Crippen molar-refractivity contribution >= 4 is 5.91 Å². The Morgan fingerprint density at radius 3 is 2.50 bits per heavy atom. The van der Waals surface area contributed by atoms with Gasteiger partial charge in [-0.05, 0) is 18.8 Å². The maximum Gasteiger partial charge on any atom is 0.225 e. The van der Waals surface area contributed by atoms with Crippen molar-refractivity contribution in [1.29, 1.82) is 0 Å². The minimum absolute atomic E-state index is 0.216. The molecule has 0 saturated carbocycles. The Morgan fingerprint density at radius 1 is 1.42 bits per heavy atom. The van der Waals surface area contributed by atoms with Gasteiger partial charge in [0.25, 0.3) is 0 Å². The van der Waals surface area contributed by atoms with Crippen LogP contribution in [0.5, 0.6) is 0 Å². The van der Waals surface area contributed by atoms with Crippen molar-refractivity contribution < 1.29 is 4.79 Å². The fraction of sp³-hybridized carbons (Fsp3) is 0.900. The second-order valence-electron chi connectivity index (χ2n) is 4.00. The van der Waals surface area contributed by atoms with Crippen LogP contribution in [0.4, 0.5) is 0 Å². The first-order valence-corrected chi connectivity index (χ1v) is 4.86. The third kappa shape index (κ3) is 1.47. The van der Waals surface area contributed by atoms with Gasteiger partial charge in [-0.2, -0.15) is 0 Å². The largest absolute Gasteiger partial charge is 0.342 e. The number of rotatable bonds is 1. The molecule has 1 saturated heterocycles. The molecule has 1 amide bonds. The van der Waals surface area contributed by atoms with Crippen LogP contribution < -0.4 is 0 Å². The Kier molecular flexibility index (Phi) is 2.76. The summed E-state index contributed by atoms with van der Waals surface area (Å²) in [6, 6.07) is 0. The highest BCUT2D eigenvalue weighted by Crippen LogP contribution is 2.28. The first-order chi connectivity index (χ1) is 5.57. The highest BCUT2D eigenvalue weighted by molar-refractivity contribution is 5.79. The number of hydrogen-bond acceptors (Lipinski definition) is 1. The molecule has 2 nitrogen and oxygen atoms in total. The van der Waals surface area contributed by atoms with E-state index < -0.39 is 0 Å². The average Bonchev–Trinajstić information content (AvgIpc) is 2.08. The number of likely N-dealkylation sites (tertiary alicyclic amines) is 1. The zero-order valence-electron chi connectivity index (χ0n) is 8.50. The summed E-state index contributed by atoms with van der Waals surface area (Å²) in [5.74, 6) is 1.75. The summed E-state index contributed by atoms with van der Waals surface area (Å²) in [5.41, 5.74) is 0. The van der Waals surface area contributed by atoms with E-state index in [-0.39, 0.29) is 5.92 Å². The predicted octanol–water partition coefficient (Wildman–Crippen LogP) is 1.76. The van der Waals surface area contributed by atoms with E-state index in [0.29, 0.717) is 17.7 Å². The van der Waals surface area contributed by atoms with Gasteiger partial charge in [-0.3, -0.25) is 4.79 Å². The number of piperidine rings is 1. The molecular formula is C10H19NO. The molecule has 0 bridgehead atoms. The molecule has 0 radical (unpaired) electrons. The molecule has 0 aromatic carbocycles. The SMILES string of the molecule is CCN1CC(C)C(C)C(C)C1=O. The first-order valence-electron chi connectivity index (χ1n) is 4.86. The van der Waals surface area contributed by atoms with Gasteiger partial charge in [0, 0.05) is 19.0 Å². The number of amides is 1. The van der Waals surface area contributed by atoms with Gasteiger partial charge in [-0.25, -0.2) is 0 Å². The number of carbonyl (C=O) groups excluding carboxylic acids is 1. The van der Waals surface area contributed by atoms with Crippen LogP contribution in [0.1, 0.15) is 27.7 Å². The zero-order valence-corrected chi connectivity index (χ0v) is 8.50. The van der Waals surface area contributed by atoms with Gasteiger partial charge in [-0.1, -0.05) is 20.8 Å². The molecule has 1 fully saturated rings. The topological polar surface area (TPSA) is 20.3 Å². The van der Waals surface area contributed by atoms with Crippen molar-refractivity contribution in [2.45, 2.75) is 27.7 Å². The summed E-state index contributed by atoms with van der Waals surface area (Å²) in [7, 11) is 0. The fourth-order valence-corrected chi connectivity index (χ4v) is 1.89. The molecule has 70 valence electrons. The van der Waals surface area contributed by atoms with Gasteiger partial charge in [0.2, 0.25) is 5.91 Å². The Labute approximate surface area is 74.9 Å². The summed E-state index contributed by atoms with van der Waals surface area (Å²) in [6.45, 7) is 10.3. The van der Waals surface area contributed by atoms with Crippen molar-refractivity contribution in [1.82, 2.24) is 4.90 Å². The molecule has 0 spiro atoms. The lowest BCUT2D eigenvalue weighted by atomic mass is 9.80. The van der Waals surface area contributed by atoms with E-state index >= 15 is 0 Å². The zero-order chi connectivity index (χ0) is 9.30. The Balaban J connectivity index is 2.70. The van der Waals surface area contributed by atoms with Gasteiger partial charge in [0.05, 0.1) is 0 Å². The molecule has 2 heteroatoms. The van der Waals surface area contributed by atoms with E-state index in [9.17, 15) is 4.79 Å². The third-order valence-electron chi connectivity index (χ3n) is 3.28. The number of hydrogen-bond donors (Lipinski definition) is 0. The van der Waals surface area contributed by atoms with Crippen LogP contribution in [-0.2, 0) is 4.79 Å². The molecule has 12 heavy (non-hydrogen) atoms. The molecule has 3 unspecified atom stereocenters. The number of carbonyl (C=O) groups is 1. The van der Waals surface area contributed by atoms with Crippen LogP contribution in [0.2, 0.25) is 0 Å². The van der Waals surface area contributed by atoms with Gasteiger partial charge in [-0.15, -0.1) is 0 Å². The molecule has 3 atom stereocenters. The van der Waals surface area contributed by atoms with E-state index in [2.05, 4.69) is 13.8 Å². The van der Waals surface area contributed by atoms with Crippen molar-refractivity contribution in [3.05, 3.63) is 0 Å². The van der Waals surface area contributed by atoms with Gasteiger partial charge in [0.1, 0.15) is 0 Å². The Bertz CT molecular complexity index is 175. The van der Waals surface area contributed by atoms with E-state index in [0.717, 1.165) is 13.1 Å². The normalized spacial score (nSPS) is 37.2. The van der Waals surface area contributed by atoms with Crippen molar-refractivity contribution in [2.24, 2.45) is 17.8 Å². The van der Waals surface area contributed by atoms with Crippen LogP contribution in [0.15, 0.2) is 0 Å². The molecule has 1 rings (SSSR count). The van der Waals surface area contributed by atoms with Crippen LogP contribution in [0, 0.1) is 17.8 Å². The minimum Gasteiger partial charge on any atom is -0.342 e. The lowest BCUT2D eigenvalue weighted by Crippen LogP contribution is -2.47. The van der Waals surface area contributed by atoms with Crippen molar-refractivity contribution in [2.75, 3.05) is 13.1 Å². The molecule has 1 heterocycles. The summed E-state index contributed by atoms with van der Waals surface area (Å²) in [4.78, 5) is 13.6. The van der Waals surface area contributed by atoms with E-state index in [1.165, 1.54) is 0 Å². The fourth-order valence-electron chi connectivity index (χ4n) is 1.89. The molecule has 0 aliphatic carbocycles. The second kappa shape index (κ2) is 3.46. The standard InChI is InChI=1S/C10H19NO/c1-5-11-6-7(2)8(3)9(4)10(11)12/h7-9H,5-6H2,1-4H3. The van der Waals surface area contributed by atoms with E-state index in [4.69, 9.17) is 0 Å². The van der Waals surface area contributed by atoms with Crippen LogP contribution in [-0.4, -0.2) is 23.9 Å². The summed E-state index contributed by atoms with van der Waals surface area (Å²) < 4.78 is 0. The maximum atomic E-state index is 11.6. The lowest BCUT2D eigenvalue weighted by molar-refractivity contribution is -0.142. The summed E-state index contributed by atoms with van der Waals surface area (Å²) in [6.07, 6.45) is 0. The molecule has 1 aliphatic heterocycles. The van der Waals surface area contributed by atoms with E-state index in [1.54, 1.807) is 0 Å². The lowest BCUT2D eigenvalue weighted by Gasteiger charge is -2.38. The highest BCUT2D eigenvalue weighted by Gasteiger charge is 2.34. The van der Waals surface area contributed by atoms with Gasteiger partial charge in [0.15, 0.2) is 0 Å². The summed E-state index contributed by atoms with van der Waals surface area (Å²) in [5, 5.41) is 0. The summed E-state index contributed by atoms with van der Waals surface area (Å²) >= 11 is 0. The Morgan fingerprint density at radius 2 is 2.00 bits per heavy atom. The minimum atomic E-state index is 0.216. The first kappa shape index (κ1) is 9.56. The predicted molar refractivity (Wildman–Crippen MR) is 49.7 cm³/mol. The van der Waals surface area contributed by atoms with Crippen molar-refractivity contribution in [3.8, 4) is 0 Å². The molecule has 0 aromatic rings. The van der Waals surface area contributed by atoms with Gasteiger partial charge < -0.3 is 4.90 Å². The van der Waals surface area contributed by atoms with Crippen molar-refractivity contribution in [3.63, 3.8) is 0 Å². The average molecular weight is 169 g/mol. The number of nitrogens with zero attached hydrogens (tertiary/aromatic N) is 1. The highest BCUT2D eigenvalue weighted by atomic mass is 16.2. The maximum absolute atomic E-state index is 11.6. The van der Waals surface area contributed by atoms with Crippen LogP contribution in [0.25, 0.3) is 0 Å². The molecule has 1 aliphatic rings. The smallest absolute Gasteiger partial charge is 0.225 e. The molecule has 0 N–H and O–H groups in total. The van der Waals surface area contributed by atoms with Gasteiger partial charge >= 0.3 is 0 Å². The molecule has 0 aromatic heterocycles. The second-order valence-corrected chi connectivity index (χ2v) is 4.00. The third-order valence-corrected chi connectivity index (χ3v) is 3.28. The Hall–Kier alpha value is -0.530. The molecular weight excluding hydrogens is 150 g/mol. The monoisotopic (exact) mass is 169 g/mol. The van der Waals surface area contributed by atoms with E-state index in [1.807, 2.05) is 18.7 Å². The van der Waals surface area contributed by atoms with Crippen LogP contribution >= 0.6 is 0 Å².